The van der Waals surface area contributed by atoms with E-state index in [2.05, 4.69) is 33.4 Å². The minimum absolute atomic E-state index is 0.389. The molecule has 0 bridgehead atoms. The Labute approximate surface area is 149 Å². The van der Waals surface area contributed by atoms with E-state index in [0.29, 0.717) is 18.6 Å². The molecule has 0 radical (unpaired) electrons. The zero-order valence-corrected chi connectivity index (χ0v) is 15.3. The van der Waals surface area contributed by atoms with Gasteiger partial charge in [0.05, 0.1) is 25.4 Å². The zero-order valence-electron chi connectivity index (χ0n) is 15.3. The smallest absolute Gasteiger partial charge is 0.208 e. The SMILES string of the molecule is COc1cccc([C@H]2[C@@H](NCc3nc(C)c(C)o3)CCN2C2CC2)c1. The monoisotopic (exact) mass is 341 g/mol. The molecule has 0 unspecified atom stereocenters. The van der Waals surface area contributed by atoms with Crippen molar-refractivity contribution >= 4 is 0 Å². The molecule has 2 aromatic rings. The second-order valence-electron chi connectivity index (χ2n) is 7.22. The minimum atomic E-state index is 0.389. The van der Waals surface area contributed by atoms with Gasteiger partial charge in [-0.2, -0.15) is 0 Å². The van der Waals surface area contributed by atoms with E-state index >= 15 is 0 Å². The molecular formula is C20H27N3O2. The fourth-order valence-corrected chi connectivity index (χ4v) is 3.93. The van der Waals surface area contributed by atoms with Crippen LogP contribution in [0.1, 0.15) is 48.2 Å². The van der Waals surface area contributed by atoms with E-state index in [-0.39, 0.29) is 0 Å². The molecule has 4 rings (SSSR count). The van der Waals surface area contributed by atoms with Crippen molar-refractivity contribution in [3.63, 3.8) is 0 Å². The third kappa shape index (κ3) is 3.44. The normalized spacial score (nSPS) is 24.0. The molecule has 0 spiro atoms. The summed E-state index contributed by atoms with van der Waals surface area (Å²) in [6.45, 7) is 5.78. The molecule has 1 aliphatic heterocycles. The van der Waals surface area contributed by atoms with Gasteiger partial charge in [-0.05, 0) is 50.8 Å². The number of methoxy groups -OCH3 is 1. The number of ether oxygens (including phenoxy) is 1. The number of hydrogen-bond donors (Lipinski definition) is 1. The van der Waals surface area contributed by atoms with Gasteiger partial charge in [0.1, 0.15) is 11.5 Å². The lowest BCUT2D eigenvalue weighted by Gasteiger charge is -2.29. The molecule has 25 heavy (non-hydrogen) atoms. The van der Waals surface area contributed by atoms with Crippen molar-refractivity contribution in [3.05, 3.63) is 47.2 Å². The topological polar surface area (TPSA) is 50.5 Å². The van der Waals surface area contributed by atoms with Crippen LogP contribution in [0.2, 0.25) is 0 Å². The molecule has 2 heterocycles. The molecule has 1 aromatic heterocycles. The third-order valence-electron chi connectivity index (χ3n) is 5.48. The van der Waals surface area contributed by atoms with Crippen LogP contribution in [0.5, 0.6) is 5.75 Å². The van der Waals surface area contributed by atoms with E-state index in [1.165, 1.54) is 18.4 Å². The Hall–Kier alpha value is -1.85. The number of aromatic nitrogens is 1. The van der Waals surface area contributed by atoms with Gasteiger partial charge in [0, 0.05) is 18.6 Å². The number of likely N-dealkylation sites (tertiary alicyclic amines) is 1. The molecule has 1 saturated heterocycles. The van der Waals surface area contributed by atoms with Gasteiger partial charge in [-0.25, -0.2) is 4.98 Å². The van der Waals surface area contributed by atoms with E-state index in [1.54, 1.807) is 7.11 Å². The Kier molecular flexibility index (Phi) is 4.52. The number of nitrogens with one attached hydrogen (secondary N) is 1. The van der Waals surface area contributed by atoms with Crippen LogP contribution in [-0.2, 0) is 6.54 Å². The predicted octanol–water partition coefficient (Wildman–Crippen LogP) is 3.37. The lowest BCUT2D eigenvalue weighted by molar-refractivity contribution is 0.224. The summed E-state index contributed by atoms with van der Waals surface area (Å²) in [6, 6.07) is 10.0. The molecular weight excluding hydrogens is 314 g/mol. The summed E-state index contributed by atoms with van der Waals surface area (Å²) in [5.74, 6) is 2.62. The Morgan fingerprint density at radius 3 is 2.80 bits per heavy atom. The number of benzene rings is 1. The first-order valence-corrected chi connectivity index (χ1v) is 9.21. The largest absolute Gasteiger partial charge is 0.497 e. The maximum Gasteiger partial charge on any atom is 0.208 e. The van der Waals surface area contributed by atoms with Crippen LogP contribution >= 0.6 is 0 Å². The fourth-order valence-electron chi connectivity index (χ4n) is 3.93. The summed E-state index contributed by atoms with van der Waals surface area (Å²) in [6.07, 6.45) is 3.80. The van der Waals surface area contributed by atoms with E-state index in [0.717, 1.165) is 42.1 Å². The highest BCUT2D eigenvalue weighted by Gasteiger charge is 2.42. The maximum absolute atomic E-state index is 5.73. The number of oxazole rings is 1. The summed E-state index contributed by atoms with van der Waals surface area (Å²) in [5, 5.41) is 3.70. The van der Waals surface area contributed by atoms with E-state index < -0.39 is 0 Å². The van der Waals surface area contributed by atoms with E-state index in [4.69, 9.17) is 9.15 Å². The standard InChI is InChI=1S/C20H27N3O2/c1-13-14(2)25-19(22-13)12-21-18-9-10-23(16-7-8-16)20(18)15-5-4-6-17(11-15)24-3/h4-6,11,16,18,20-21H,7-10,12H2,1-3H3/t18-,20-/m0/s1. The van der Waals surface area contributed by atoms with Gasteiger partial charge in [-0.1, -0.05) is 12.1 Å². The third-order valence-corrected chi connectivity index (χ3v) is 5.48. The summed E-state index contributed by atoms with van der Waals surface area (Å²) < 4.78 is 11.2. The second kappa shape index (κ2) is 6.81. The number of hydrogen-bond acceptors (Lipinski definition) is 5. The molecule has 1 aliphatic carbocycles. The van der Waals surface area contributed by atoms with Crippen molar-refractivity contribution in [2.45, 2.75) is 57.8 Å². The van der Waals surface area contributed by atoms with E-state index in [9.17, 15) is 0 Å². The summed E-state index contributed by atoms with van der Waals surface area (Å²) >= 11 is 0. The van der Waals surface area contributed by atoms with Crippen LogP contribution in [0.3, 0.4) is 0 Å². The van der Waals surface area contributed by atoms with Crippen LogP contribution in [0.4, 0.5) is 0 Å². The van der Waals surface area contributed by atoms with Crippen LogP contribution in [0.25, 0.3) is 0 Å². The molecule has 1 saturated carbocycles. The van der Waals surface area contributed by atoms with Gasteiger partial charge in [-0.15, -0.1) is 0 Å². The van der Waals surface area contributed by atoms with Gasteiger partial charge in [0.2, 0.25) is 5.89 Å². The summed E-state index contributed by atoms with van der Waals surface area (Å²) in [7, 11) is 1.73. The predicted molar refractivity (Wildman–Crippen MR) is 96.7 cm³/mol. The Balaban J connectivity index is 1.52. The van der Waals surface area contributed by atoms with Crippen molar-refractivity contribution in [1.29, 1.82) is 0 Å². The van der Waals surface area contributed by atoms with Crippen molar-refractivity contribution in [2.24, 2.45) is 0 Å². The van der Waals surface area contributed by atoms with Crippen molar-refractivity contribution < 1.29 is 9.15 Å². The Morgan fingerprint density at radius 2 is 2.12 bits per heavy atom. The maximum atomic E-state index is 5.73. The first kappa shape index (κ1) is 16.6. The van der Waals surface area contributed by atoms with Gasteiger partial charge >= 0.3 is 0 Å². The zero-order chi connectivity index (χ0) is 17.4. The molecule has 134 valence electrons. The van der Waals surface area contributed by atoms with Crippen LogP contribution in [-0.4, -0.2) is 35.6 Å². The van der Waals surface area contributed by atoms with Gasteiger partial charge in [0.25, 0.3) is 0 Å². The van der Waals surface area contributed by atoms with Crippen molar-refractivity contribution in [3.8, 4) is 5.75 Å². The molecule has 1 N–H and O–H groups in total. The highest BCUT2D eigenvalue weighted by atomic mass is 16.5. The van der Waals surface area contributed by atoms with Crippen LogP contribution < -0.4 is 10.1 Å². The molecule has 5 heteroatoms. The van der Waals surface area contributed by atoms with Crippen molar-refractivity contribution in [2.75, 3.05) is 13.7 Å². The number of aryl methyl sites for hydroxylation is 2. The highest BCUT2D eigenvalue weighted by molar-refractivity contribution is 5.32. The lowest BCUT2D eigenvalue weighted by atomic mass is 9.99. The number of nitrogens with zero attached hydrogens (tertiary/aromatic N) is 2. The summed E-state index contributed by atoms with van der Waals surface area (Å²) in [5.41, 5.74) is 2.31. The molecule has 1 aromatic carbocycles. The Bertz CT molecular complexity index is 719. The quantitative estimate of drug-likeness (QED) is 0.873. The lowest BCUT2D eigenvalue weighted by Crippen LogP contribution is -2.36. The molecule has 2 atom stereocenters. The van der Waals surface area contributed by atoms with Gasteiger partial charge < -0.3 is 14.5 Å². The highest BCUT2D eigenvalue weighted by Crippen LogP contribution is 2.41. The van der Waals surface area contributed by atoms with Gasteiger partial charge in [0.15, 0.2) is 0 Å². The second-order valence-corrected chi connectivity index (χ2v) is 7.22. The average Bonchev–Trinajstić information content (AvgIpc) is 3.30. The van der Waals surface area contributed by atoms with Crippen LogP contribution in [0, 0.1) is 13.8 Å². The first-order valence-electron chi connectivity index (χ1n) is 9.21. The summed E-state index contributed by atoms with van der Waals surface area (Å²) in [4.78, 5) is 7.17. The van der Waals surface area contributed by atoms with E-state index in [1.807, 2.05) is 19.9 Å². The van der Waals surface area contributed by atoms with Crippen LogP contribution in [0.15, 0.2) is 28.7 Å². The number of rotatable bonds is 6. The molecule has 5 nitrogen and oxygen atoms in total. The molecule has 2 aliphatic rings. The first-order chi connectivity index (χ1) is 12.2. The minimum Gasteiger partial charge on any atom is -0.497 e. The van der Waals surface area contributed by atoms with Gasteiger partial charge in [-0.3, -0.25) is 4.90 Å². The Morgan fingerprint density at radius 1 is 1.28 bits per heavy atom. The fraction of sp³-hybridized carbons (Fsp3) is 0.550. The van der Waals surface area contributed by atoms with Crippen molar-refractivity contribution in [1.82, 2.24) is 15.2 Å². The molecule has 2 fully saturated rings. The molecule has 0 amide bonds. The average molecular weight is 341 g/mol.